The highest BCUT2D eigenvalue weighted by Crippen LogP contribution is 2.31. The van der Waals surface area contributed by atoms with Gasteiger partial charge < -0.3 is 20.3 Å². The van der Waals surface area contributed by atoms with Crippen molar-refractivity contribution in [3.8, 4) is 5.75 Å². The predicted molar refractivity (Wildman–Crippen MR) is 123 cm³/mol. The topological polar surface area (TPSA) is 79.4 Å². The average Bonchev–Trinajstić information content (AvgIpc) is 3.29. The largest absolute Gasteiger partial charge is 0.489 e. The summed E-state index contributed by atoms with van der Waals surface area (Å²) in [5.41, 5.74) is 0.964. The Bertz CT molecular complexity index is 938. The van der Waals surface area contributed by atoms with Crippen molar-refractivity contribution in [3.63, 3.8) is 0 Å². The van der Waals surface area contributed by atoms with Crippen molar-refractivity contribution >= 4 is 17.5 Å². The third kappa shape index (κ3) is 5.11. The van der Waals surface area contributed by atoms with Gasteiger partial charge in [-0.2, -0.15) is 4.39 Å². The van der Waals surface area contributed by atoms with E-state index >= 15 is 0 Å². The summed E-state index contributed by atoms with van der Waals surface area (Å²) in [5, 5.41) is 6.10. The molecule has 1 saturated carbocycles. The van der Waals surface area contributed by atoms with E-state index in [1.165, 1.54) is 6.33 Å². The minimum absolute atomic E-state index is 0.0562. The lowest BCUT2D eigenvalue weighted by Crippen LogP contribution is -2.30. The zero-order valence-electron chi connectivity index (χ0n) is 19.0. The van der Waals surface area contributed by atoms with Crippen molar-refractivity contribution in [1.82, 2.24) is 15.3 Å². The standard InChI is InChI=1S/C24H32FN5O2/c1-4-10-26-22-21(25)23(28-14-27-22)30-11-9-19(13-30)32-18-7-5-17(6-8-18)16(3)24(31)29-20-12-15(20)2/h5-8,14-16,19-20H,4,9-13H2,1-3H3,(H,29,31)(H,26,27,28)/t15?,16?,19-,20?/m1/s1. The summed E-state index contributed by atoms with van der Waals surface area (Å²) in [6.07, 6.45) is 4.07. The van der Waals surface area contributed by atoms with Gasteiger partial charge in [0.05, 0.1) is 12.5 Å². The van der Waals surface area contributed by atoms with E-state index in [4.69, 9.17) is 4.74 Å². The molecule has 1 amide bonds. The zero-order valence-corrected chi connectivity index (χ0v) is 19.0. The number of halogens is 1. The Hall–Kier alpha value is -2.90. The summed E-state index contributed by atoms with van der Waals surface area (Å²) < 4.78 is 20.9. The third-order valence-corrected chi connectivity index (χ3v) is 6.27. The highest BCUT2D eigenvalue weighted by molar-refractivity contribution is 5.83. The van der Waals surface area contributed by atoms with E-state index in [1.54, 1.807) is 0 Å². The molecule has 4 rings (SSSR count). The molecule has 1 aromatic carbocycles. The maximum absolute atomic E-state index is 14.8. The van der Waals surface area contributed by atoms with Gasteiger partial charge in [0.15, 0.2) is 11.6 Å². The molecular formula is C24H32FN5O2. The number of ether oxygens (including phenoxy) is 1. The SMILES string of the molecule is CCCNc1ncnc(N2CC[C@@H](Oc3ccc(C(C)C(=O)NC4CC4C)cc3)C2)c1F. The first-order valence-electron chi connectivity index (χ1n) is 11.5. The van der Waals surface area contributed by atoms with Crippen LogP contribution in [0.3, 0.4) is 0 Å². The lowest BCUT2D eigenvalue weighted by atomic mass is 10.0. The molecule has 2 aliphatic rings. The molecule has 0 bridgehead atoms. The summed E-state index contributed by atoms with van der Waals surface area (Å²) >= 11 is 0. The molecule has 32 heavy (non-hydrogen) atoms. The highest BCUT2D eigenvalue weighted by atomic mass is 19.1. The van der Waals surface area contributed by atoms with Crippen LogP contribution >= 0.6 is 0 Å². The monoisotopic (exact) mass is 441 g/mol. The van der Waals surface area contributed by atoms with Crippen molar-refractivity contribution in [2.75, 3.05) is 29.9 Å². The van der Waals surface area contributed by atoms with Gasteiger partial charge >= 0.3 is 0 Å². The Labute approximate surface area is 188 Å². The van der Waals surface area contributed by atoms with Gasteiger partial charge in [0.1, 0.15) is 18.2 Å². The summed E-state index contributed by atoms with van der Waals surface area (Å²) in [4.78, 5) is 22.5. The van der Waals surface area contributed by atoms with Crippen LogP contribution in [-0.4, -0.2) is 47.7 Å². The van der Waals surface area contributed by atoms with Crippen molar-refractivity contribution in [2.45, 2.75) is 58.1 Å². The normalized spacial score (nSPS) is 23.0. The molecule has 1 aliphatic carbocycles. The van der Waals surface area contributed by atoms with Gasteiger partial charge in [0.2, 0.25) is 11.7 Å². The van der Waals surface area contributed by atoms with Crippen molar-refractivity contribution in [2.24, 2.45) is 5.92 Å². The molecule has 172 valence electrons. The van der Waals surface area contributed by atoms with Crippen LogP contribution in [0.25, 0.3) is 0 Å². The van der Waals surface area contributed by atoms with Crippen LogP contribution in [0, 0.1) is 11.7 Å². The number of benzene rings is 1. The maximum Gasteiger partial charge on any atom is 0.227 e. The molecular weight excluding hydrogens is 409 g/mol. The van der Waals surface area contributed by atoms with E-state index in [2.05, 4.69) is 27.5 Å². The van der Waals surface area contributed by atoms with Gasteiger partial charge in [-0.1, -0.05) is 26.0 Å². The summed E-state index contributed by atoms with van der Waals surface area (Å²) in [7, 11) is 0. The van der Waals surface area contributed by atoms with Gasteiger partial charge in [-0.3, -0.25) is 4.79 Å². The van der Waals surface area contributed by atoms with E-state index in [0.717, 1.165) is 30.6 Å². The number of hydrogen-bond acceptors (Lipinski definition) is 6. The number of carbonyl (C=O) groups excluding carboxylic acids is 1. The minimum Gasteiger partial charge on any atom is -0.489 e. The lowest BCUT2D eigenvalue weighted by molar-refractivity contribution is -0.122. The van der Waals surface area contributed by atoms with Crippen LogP contribution in [0.2, 0.25) is 0 Å². The Balaban J connectivity index is 1.32. The first-order chi connectivity index (χ1) is 15.5. The van der Waals surface area contributed by atoms with Crippen LogP contribution in [0.5, 0.6) is 5.75 Å². The number of aromatic nitrogens is 2. The smallest absolute Gasteiger partial charge is 0.227 e. The number of nitrogens with zero attached hydrogens (tertiary/aromatic N) is 3. The lowest BCUT2D eigenvalue weighted by Gasteiger charge is -2.19. The first kappa shape index (κ1) is 22.3. The molecule has 8 heteroatoms. The second kappa shape index (κ2) is 9.71. The summed E-state index contributed by atoms with van der Waals surface area (Å²) in [6.45, 7) is 7.98. The quantitative estimate of drug-likeness (QED) is 0.617. The van der Waals surface area contributed by atoms with Gasteiger partial charge in [0.25, 0.3) is 0 Å². The number of anilines is 2. The first-order valence-corrected chi connectivity index (χ1v) is 11.5. The van der Waals surface area contributed by atoms with Crippen LogP contribution in [0.1, 0.15) is 51.5 Å². The molecule has 1 aromatic heterocycles. The molecule has 2 heterocycles. The van der Waals surface area contributed by atoms with Crippen LogP contribution < -0.4 is 20.3 Å². The predicted octanol–water partition coefficient (Wildman–Crippen LogP) is 3.72. The fraction of sp³-hybridized carbons (Fsp3) is 0.542. The number of nitrogens with one attached hydrogen (secondary N) is 2. The molecule has 1 saturated heterocycles. The zero-order chi connectivity index (χ0) is 22.7. The fourth-order valence-corrected chi connectivity index (χ4v) is 3.97. The molecule has 2 fully saturated rings. The van der Waals surface area contributed by atoms with Crippen molar-refractivity contribution in [3.05, 3.63) is 42.0 Å². The van der Waals surface area contributed by atoms with Gasteiger partial charge in [-0.25, -0.2) is 9.97 Å². The fourth-order valence-electron chi connectivity index (χ4n) is 3.97. The van der Waals surface area contributed by atoms with E-state index in [0.29, 0.717) is 37.4 Å². The van der Waals surface area contributed by atoms with Gasteiger partial charge in [0, 0.05) is 25.6 Å². The molecule has 3 unspecified atom stereocenters. The summed E-state index contributed by atoms with van der Waals surface area (Å²) in [6, 6.07) is 8.02. The van der Waals surface area contributed by atoms with Crippen LogP contribution in [-0.2, 0) is 4.79 Å². The Kier molecular flexibility index (Phi) is 6.77. The number of hydrogen-bond donors (Lipinski definition) is 2. The molecule has 0 radical (unpaired) electrons. The minimum atomic E-state index is -0.418. The van der Waals surface area contributed by atoms with Crippen molar-refractivity contribution < 1.29 is 13.9 Å². The van der Waals surface area contributed by atoms with Gasteiger partial charge in [-0.15, -0.1) is 0 Å². The number of carbonyl (C=O) groups is 1. The average molecular weight is 442 g/mol. The van der Waals surface area contributed by atoms with E-state index in [9.17, 15) is 9.18 Å². The highest BCUT2D eigenvalue weighted by Gasteiger charge is 2.35. The third-order valence-electron chi connectivity index (χ3n) is 6.27. The number of amides is 1. The Morgan fingerprint density at radius 3 is 2.75 bits per heavy atom. The van der Waals surface area contributed by atoms with Crippen LogP contribution in [0.4, 0.5) is 16.0 Å². The van der Waals surface area contributed by atoms with E-state index in [1.807, 2.05) is 43.0 Å². The number of rotatable bonds is 9. The molecule has 0 spiro atoms. The molecule has 2 aromatic rings. The Morgan fingerprint density at radius 1 is 1.31 bits per heavy atom. The molecule has 1 aliphatic heterocycles. The van der Waals surface area contributed by atoms with E-state index in [-0.39, 0.29) is 23.7 Å². The second-order valence-electron chi connectivity index (χ2n) is 8.88. The van der Waals surface area contributed by atoms with E-state index < -0.39 is 5.82 Å². The molecule has 4 atom stereocenters. The molecule has 2 N–H and O–H groups in total. The van der Waals surface area contributed by atoms with Gasteiger partial charge in [-0.05, 0) is 43.4 Å². The summed E-state index contributed by atoms with van der Waals surface area (Å²) in [5.74, 6) is 1.34. The second-order valence-corrected chi connectivity index (χ2v) is 8.88. The Morgan fingerprint density at radius 2 is 2.06 bits per heavy atom. The molecule has 7 nitrogen and oxygen atoms in total. The van der Waals surface area contributed by atoms with Crippen molar-refractivity contribution in [1.29, 1.82) is 0 Å². The maximum atomic E-state index is 14.8. The van der Waals surface area contributed by atoms with Crippen LogP contribution in [0.15, 0.2) is 30.6 Å².